The van der Waals surface area contributed by atoms with Gasteiger partial charge in [0, 0.05) is 17.1 Å². The van der Waals surface area contributed by atoms with Gasteiger partial charge < -0.3 is 9.47 Å². The molecule has 0 bridgehead atoms. The number of rotatable bonds is 1. The number of aromatic nitrogens is 1. The minimum absolute atomic E-state index is 0.0881. The Morgan fingerprint density at radius 1 is 1.21 bits per heavy atom. The third-order valence-corrected chi connectivity index (χ3v) is 6.09. The molecule has 2 aliphatic rings. The highest BCUT2D eigenvalue weighted by Crippen LogP contribution is 2.50. The van der Waals surface area contributed by atoms with E-state index in [1.807, 2.05) is 46.9 Å². The summed E-state index contributed by atoms with van der Waals surface area (Å²) in [5.74, 6) is 0.127. The fraction of sp³-hybridized carbons (Fsp3) is 0.545. The van der Waals surface area contributed by atoms with Gasteiger partial charge >= 0.3 is 12.1 Å². The van der Waals surface area contributed by atoms with Crippen LogP contribution in [0.4, 0.5) is 4.79 Å². The average molecular weight is 384 g/mol. The van der Waals surface area contributed by atoms with Gasteiger partial charge in [0.15, 0.2) is 0 Å². The lowest BCUT2D eigenvalue weighted by Crippen LogP contribution is -2.35. The van der Waals surface area contributed by atoms with Gasteiger partial charge in [-0.25, -0.2) is 9.36 Å². The summed E-state index contributed by atoms with van der Waals surface area (Å²) in [6.45, 7) is 7.60. The van der Waals surface area contributed by atoms with E-state index in [9.17, 15) is 9.59 Å². The molecule has 1 aliphatic heterocycles. The summed E-state index contributed by atoms with van der Waals surface area (Å²) in [6.07, 6.45) is 1.30. The third kappa shape index (κ3) is 2.73. The molecule has 1 aromatic heterocycles. The van der Waals surface area contributed by atoms with E-state index in [1.165, 1.54) is 12.7 Å². The van der Waals surface area contributed by atoms with Gasteiger partial charge in [-0.15, -0.1) is 0 Å². The number of methoxy groups -OCH3 is 1. The van der Waals surface area contributed by atoms with Crippen molar-refractivity contribution >= 4 is 23.0 Å². The van der Waals surface area contributed by atoms with Crippen molar-refractivity contribution in [3.05, 3.63) is 35.0 Å². The summed E-state index contributed by atoms with van der Waals surface area (Å²) in [4.78, 5) is 27.4. The number of hydrogen-bond donors (Lipinski definition) is 0. The first-order chi connectivity index (χ1) is 13.1. The summed E-state index contributed by atoms with van der Waals surface area (Å²) in [5.41, 5.74) is 3.58. The van der Waals surface area contributed by atoms with Crippen molar-refractivity contribution in [2.45, 2.75) is 58.2 Å². The van der Waals surface area contributed by atoms with Crippen LogP contribution in [0, 0.1) is 12.8 Å². The topological polar surface area (TPSA) is 60.8 Å². The number of benzene rings is 1. The van der Waals surface area contributed by atoms with Crippen molar-refractivity contribution in [2.24, 2.45) is 5.92 Å². The monoisotopic (exact) mass is 384 g/mol. The van der Waals surface area contributed by atoms with Gasteiger partial charge in [0.1, 0.15) is 11.6 Å². The normalized spacial score (nSPS) is 24.3. The van der Waals surface area contributed by atoms with Crippen molar-refractivity contribution in [1.82, 2.24) is 9.47 Å². The van der Waals surface area contributed by atoms with Crippen molar-refractivity contribution in [2.75, 3.05) is 14.2 Å². The number of fused-ring (bicyclic) bond motifs is 2. The maximum atomic E-state index is 13.0. The second kappa shape index (κ2) is 6.34. The molecule has 2 heterocycles. The summed E-state index contributed by atoms with van der Waals surface area (Å²) in [7, 11) is 3.42. The lowest BCUT2D eigenvalue weighted by Gasteiger charge is -2.31. The van der Waals surface area contributed by atoms with Gasteiger partial charge in [0.2, 0.25) is 0 Å². The minimum Gasteiger partial charge on any atom is -0.468 e. The first-order valence-electron chi connectivity index (χ1n) is 9.80. The molecular formula is C22H28N2O4. The SMILES string of the molecule is COC(=O)C1CC2Cc3cccc4c3c(c(C)n4C(=O)OC(C)(C)C)C2N1C. The molecule has 4 rings (SSSR count). The quantitative estimate of drug-likeness (QED) is 0.700. The molecule has 1 saturated heterocycles. The molecule has 0 N–H and O–H groups in total. The number of hydrogen-bond acceptors (Lipinski definition) is 5. The second-order valence-corrected chi connectivity index (χ2v) is 8.98. The van der Waals surface area contributed by atoms with Crippen LogP contribution < -0.4 is 0 Å². The molecule has 6 nitrogen and oxygen atoms in total. The Kier molecular flexibility index (Phi) is 4.30. The number of carbonyl (C=O) groups excluding carboxylic acids is 2. The molecular weight excluding hydrogens is 356 g/mol. The zero-order valence-corrected chi connectivity index (χ0v) is 17.4. The molecule has 3 unspecified atom stereocenters. The number of likely N-dealkylation sites (N-methyl/N-ethyl adjacent to an activating group) is 1. The number of esters is 1. The minimum atomic E-state index is -0.569. The van der Waals surface area contributed by atoms with E-state index >= 15 is 0 Å². The first kappa shape index (κ1) is 19.0. The second-order valence-electron chi connectivity index (χ2n) is 8.98. The number of likely N-dealkylation sites (tertiary alicyclic amines) is 1. The van der Waals surface area contributed by atoms with E-state index in [4.69, 9.17) is 9.47 Å². The predicted molar refractivity (Wildman–Crippen MR) is 106 cm³/mol. The summed E-state index contributed by atoms with van der Waals surface area (Å²) >= 11 is 0. The molecule has 0 radical (unpaired) electrons. The van der Waals surface area contributed by atoms with E-state index in [0.29, 0.717) is 5.92 Å². The van der Waals surface area contributed by atoms with Crippen LogP contribution in [-0.2, 0) is 20.7 Å². The standard InChI is InChI=1S/C22H28N2O4/c1-12-17-18-13(10-14-11-16(20(25)27-6)23(5)19(14)17)8-7-9-15(18)24(12)21(26)28-22(2,3)4/h7-9,14,16,19H,10-11H2,1-6H3. The van der Waals surface area contributed by atoms with Crippen LogP contribution in [0.1, 0.15) is 50.1 Å². The largest absolute Gasteiger partial charge is 0.468 e. The molecule has 2 aromatic rings. The van der Waals surface area contributed by atoms with Crippen molar-refractivity contribution in [3.8, 4) is 0 Å². The molecule has 0 spiro atoms. The Labute approximate surface area is 165 Å². The fourth-order valence-electron chi connectivity index (χ4n) is 5.06. The molecule has 1 aliphatic carbocycles. The summed E-state index contributed by atoms with van der Waals surface area (Å²) in [5, 5.41) is 1.13. The summed E-state index contributed by atoms with van der Waals surface area (Å²) < 4.78 is 12.4. The van der Waals surface area contributed by atoms with Crippen LogP contribution >= 0.6 is 0 Å². The fourth-order valence-corrected chi connectivity index (χ4v) is 5.06. The lowest BCUT2D eigenvalue weighted by atomic mass is 9.80. The number of ether oxygens (including phenoxy) is 2. The number of carbonyl (C=O) groups is 2. The van der Waals surface area contributed by atoms with E-state index in [1.54, 1.807) is 4.57 Å². The van der Waals surface area contributed by atoms with E-state index in [0.717, 1.165) is 35.0 Å². The molecule has 6 heteroatoms. The zero-order valence-electron chi connectivity index (χ0n) is 17.4. The van der Waals surface area contributed by atoms with Crippen LogP contribution in [0.25, 0.3) is 10.9 Å². The maximum absolute atomic E-state index is 13.0. The molecule has 3 atom stereocenters. The van der Waals surface area contributed by atoms with Crippen molar-refractivity contribution in [3.63, 3.8) is 0 Å². The summed E-state index contributed by atoms with van der Waals surface area (Å²) in [6, 6.07) is 5.94. The Hall–Kier alpha value is -2.34. The van der Waals surface area contributed by atoms with Crippen LogP contribution in [0.3, 0.4) is 0 Å². The van der Waals surface area contributed by atoms with Crippen molar-refractivity contribution < 1.29 is 19.1 Å². The van der Waals surface area contributed by atoms with Gasteiger partial charge in [-0.2, -0.15) is 0 Å². The molecule has 150 valence electrons. The maximum Gasteiger partial charge on any atom is 0.419 e. The zero-order chi connectivity index (χ0) is 20.4. The highest BCUT2D eigenvalue weighted by atomic mass is 16.6. The highest BCUT2D eigenvalue weighted by molar-refractivity contribution is 5.97. The Bertz CT molecular complexity index is 969. The predicted octanol–water partition coefficient (Wildman–Crippen LogP) is 3.82. The molecule has 28 heavy (non-hydrogen) atoms. The van der Waals surface area contributed by atoms with Gasteiger partial charge in [0.25, 0.3) is 0 Å². The Morgan fingerprint density at radius 2 is 1.93 bits per heavy atom. The van der Waals surface area contributed by atoms with E-state index < -0.39 is 5.60 Å². The Balaban J connectivity index is 1.87. The average Bonchev–Trinajstić information content (AvgIpc) is 3.09. The van der Waals surface area contributed by atoms with Crippen molar-refractivity contribution in [1.29, 1.82) is 0 Å². The van der Waals surface area contributed by atoms with Crippen LogP contribution in [0.2, 0.25) is 0 Å². The molecule has 0 saturated carbocycles. The third-order valence-electron chi connectivity index (χ3n) is 6.09. The van der Waals surface area contributed by atoms with E-state index in [-0.39, 0.29) is 24.1 Å². The van der Waals surface area contributed by atoms with Gasteiger partial charge in [-0.05, 0) is 70.7 Å². The molecule has 1 fully saturated rings. The number of nitrogens with zero attached hydrogens (tertiary/aromatic N) is 2. The van der Waals surface area contributed by atoms with Crippen LogP contribution in [-0.4, -0.2) is 47.3 Å². The van der Waals surface area contributed by atoms with Gasteiger partial charge in [0.05, 0.1) is 12.6 Å². The van der Waals surface area contributed by atoms with Gasteiger partial charge in [-0.3, -0.25) is 9.69 Å². The van der Waals surface area contributed by atoms with Crippen LogP contribution in [0.15, 0.2) is 18.2 Å². The smallest absolute Gasteiger partial charge is 0.419 e. The molecule has 0 amide bonds. The Morgan fingerprint density at radius 3 is 2.57 bits per heavy atom. The molecule has 1 aromatic carbocycles. The first-order valence-corrected chi connectivity index (χ1v) is 9.80. The van der Waals surface area contributed by atoms with Crippen LogP contribution in [0.5, 0.6) is 0 Å². The lowest BCUT2D eigenvalue weighted by molar-refractivity contribution is -0.145. The van der Waals surface area contributed by atoms with E-state index in [2.05, 4.69) is 11.0 Å². The van der Waals surface area contributed by atoms with Gasteiger partial charge in [-0.1, -0.05) is 12.1 Å². The highest BCUT2D eigenvalue weighted by Gasteiger charge is 2.48.